The SMILES string of the molecule is COC(=O)c1ccc(N2C(=O)NC(=O)/C(=C\c3ccc(OC)cc3Cc3ccccc3F)C2=O)cc1. The van der Waals surface area contributed by atoms with E-state index in [1.54, 1.807) is 36.4 Å². The van der Waals surface area contributed by atoms with E-state index >= 15 is 0 Å². The van der Waals surface area contributed by atoms with Crippen molar-refractivity contribution in [2.24, 2.45) is 0 Å². The molecule has 0 aromatic heterocycles. The number of benzene rings is 3. The van der Waals surface area contributed by atoms with Gasteiger partial charge in [0.05, 0.1) is 25.5 Å². The van der Waals surface area contributed by atoms with Crippen LogP contribution in [0.2, 0.25) is 0 Å². The van der Waals surface area contributed by atoms with Crippen LogP contribution in [0.25, 0.3) is 6.08 Å². The number of barbiturate groups is 1. The lowest BCUT2D eigenvalue weighted by Gasteiger charge is -2.26. The number of anilines is 1. The van der Waals surface area contributed by atoms with Gasteiger partial charge < -0.3 is 9.47 Å². The minimum atomic E-state index is -0.922. The Kier molecular flexibility index (Phi) is 6.91. The van der Waals surface area contributed by atoms with Crippen LogP contribution in [0.4, 0.5) is 14.9 Å². The minimum absolute atomic E-state index is 0.157. The number of halogens is 1. The van der Waals surface area contributed by atoms with Crippen LogP contribution in [-0.2, 0) is 20.7 Å². The molecule has 3 aromatic carbocycles. The van der Waals surface area contributed by atoms with Crippen LogP contribution in [0.5, 0.6) is 5.75 Å². The number of nitrogens with one attached hydrogen (secondary N) is 1. The average molecular weight is 488 g/mol. The number of hydrogen-bond donors (Lipinski definition) is 1. The molecule has 8 nitrogen and oxygen atoms in total. The Morgan fingerprint density at radius 2 is 1.69 bits per heavy atom. The second-order valence-electron chi connectivity index (χ2n) is 7.83. The lowest BCUT2D eigenvalue weighted by atomic mass is 9.96. The Hall–Kier alpha value is -4.79. The predicted octanol–water partition coefficient (Wildman–Crippen LogP) is 3.88. The molecule has 0 aliphatic carbocycles. The zero-order valence-corrected chi connectivity index (χ0v) is 19.4. The van der Waals surface area contributed by atoms with Gasteiger partial charge in [0.2, 0.25) is 0 Å². The standard InChI is InChI=1S/C27H21FN2O6/c1-35-21-12-9-17(19(14-21)13-18-5-3-4-6-23(18)28)15-22-24(31)29-27(34)30(25(22)32)20-10-7-16(8-11-20)26(33)36-2/h3-12,14-15H,13H2,1-2H3,(H,29,31,34)/b22-15+. The van der Waals surface area contributed by atoms with E-state index in [1.807, 2.05) is 0 Å². The van der Waals surface area contributed by atoms with Crippen LogP contribution >= 0.6 is 0 Å². The summed E-state index contributed by atoms with van der Waals surface area (Å²) in [6, 6.07) is 15.9. The Morgan fingerprint density at radius 1 is 0.972 bits per heavy atom. The van der Waals surface area contributed by atoms with Crippen molar-refractivity contribution in [1.29, 1.82) is 0 Å². The molecule has 4 amide bonds. The minimum Gasteiger partial charge on any atom is -0.497 e. The Balaban J connectivity index is 1.72. The average Bonchev–Trinajstić information content (AvgIpc) is 2.88. The number of rotatable bonds is 6. The highest BCUT2D eigenvalue weighted by Crippen LogP contribution is 2.27. The molecule has 1 heterocycles. The highest BCUT2D eigenvalue weighted by molar-refractivity contribution is 6.39. The lowest BCUT2D eigenvalue weighted by molar-refractivity contribution is -0.122. The second kappa shape index (κ2) is 10.2. The molecule has 1 saturated heterocycles. The Labute approximate surface area is 205 Å². The van der Waals surface area contributed by atoms with Crippen molar-refractivity contribution in [3.63, 3.8) is 0 Å². The largest absolute Gasteiger partial charge is 0.497 e. The lowest BCUT2D eigenvalue weighted by Crippen LogP contribution is -2.54. The van der Waals surface area contributed by atoms with Crippen molar-refractivity contribution in [2.75, 3.05) is 19.1 Å². The maximum Gasteiger partial charge on any atom is 0.337 e. The zero-order valence-electron chi connectivity index (χ0n) is 19.4. The number of imide groups is 2. The number of nitrogens with zero attached hydrogens (tertiary/aromatic N) is 1. The van der Waals surface area contributed by atoms with E-state index < -0.39 is 29.6 Å². The van der Waals surface area contributed by atoms with Gasteiger partial charge in [-0.25, -0.2) is 18.9 Å². The van der Waals surface area contributed by atoms with Gasteiger partial charge in [0.1, 0.15) is 17.1 Å². The number of amides is 4. The molecule has 0 bridgehead atoms. The maximum atomic E-state index is 14.3. The van der Waals surface area contributed by atoms with Crippen LogP contribution in [0.1, 0.15) is 27.0 Å². The highest BCUT2D eigenvalue weighted by atomic mass is 19.1. The topological polar surface area (TPSA) is 102 Å². The normalized spacial score (nSPS) is 14.6. The fraction of sp³-hybridized carbons (Fsp3) is 0.111. The van der Waals surface area contributed by atoms with E-state index in [-0.39, 0.29) is 23.2 Å². The molecule has 0 unspecified atom stereocenters. The predicted molar refractivity (Wildman–Crippen MR) is 129 cm³/mol. The third-order valence-corrected chi connectivity index (χ3v) is 5.64. The molecule has 0 saturated carbocycles. The monoisotopic (exact) mass is 488 g/mol. The van der Waals surface area contributed by atoms with Crippen LogP contribution in [0, 0.1) is 5.82 Å². The zero-order chi connectivity index (χ0) is 25.8. The van der Waals surface area contributed by atoms with E-state index in [4.69, 9.17) is 4.74 Å². The van der Waals surface area contributed by atoms with E-state index in [0.29, 0.717) is 22.4 Å². The van der Waals surface area contributed by atoms with Crippen molar-refractivity contribution < 1.29 is 33.0 Å². The summed E-state index contributed by atoms with van der Waals surface area (Å²) >= 11 is 0. The maximum absolute atomic E-state index is 14.3. The van der Waals surface area contributed by atoms with Gasteiger partial charge in [-0.15, -0.1) is 0 Å². The van der Waals surface area contributed by atoms with Crippen molar-refractivity contribution in [3.05, 3.63) is 100 Å². The van der Waals surface area contributed by atoms with Gasteiger partial charge in [-0.05, 0) is 65.2 Å². The summed E-state index contributed by atoms with van der Waals surface area (Å²) in [5.41, 5.74) is 1.61. The number of hydrogen-bond acceptors (Lipinski definition) is 6. The van der Waals surface area contributed by atoms with Gasteiger partial charge >= 0.3 is 12.0 Å². The van der Waals surface area contributed by atoms with Crippen molar-refractivity contribution in [3.8, 4) is 5.75 Å². The number of carbonyl (C=O) groups is 4. The first-order chi connectivity index (χ1) is 17.3. The molecular weight excluding hydrogens is 467 g/mol. The molecule has 9 heteroatoms. The number of urea groups is 1. The van der Waals surface area contributed by atoms with E-state index in [2.05, 4.69) is 10.1 Å². The molecule has 4 rings (SSSR count). The molecule has 0 radical (unpaired) electrons. The quantitative estimate of drug-likeness (QED) is 0.321. The second-order valence-corrected chi connectivity index (χ2v) is 7.83. The summed E-state index contributed by atoms with van der Waals surface area (Å²) in [6.45, 7) is 0. The molecule has 1 aliphatic rings. The van der Waals surface area contributed by atoms with Crippen molar-refractivity contribution >= 4 is 35.6 Å². The smallest absolute Gasteiger partial charge is 0.337 e. The summed E-state index contributed by atoms with van der Waals surface area (Å²) in [7, 11) is 2.73. The molecule has 36 heavy (non-hydrogen) atoms. The number of methoxy groups -OCH3 is 2. The van der Waals surface area contributed by atoms with Gasteiger partial charge in [-0.3, -0.25) is 14.9 Å². The fourth-order valence-corrected chi connectivity index (χ4v) is 3.76. The van der Waals surface area contributed by atoms with E-state index in [1.165, 1.54) is 50.6 Å². The first kappa shape index (κ1) is 24.3. The van der Waals surface area contributed by atoms with E-state index in [9.17, 15) is 23.6 Å². The molecule has 1 N–H and O–H groups in total. The number of carbonyl (C=O) groups excluding carboxylic acids is 4. The van der Waals surface area contributed by atoms with Gasteiger partial charge in [-0.1, -0.05) is 24.3 Å². The molecule has 3 aromatic rings. The molecule has 182 valence electrons. The molecule has 0 spiro atoms. The van der Waals surface area contributed by atoms with Crippen LogP contribution in [-0.4, -0.2) is 38.0 Å². The fourth-order valence-electron chi connectivity index (χ4n) is 3.76. The summed E-state index contributed by atoms with van der Waals surface area (Å²) in [6.07, 6.45) is 1.53. The summed E-state index contributed by atoms with van der Waals surface area (Å²) in [4.78, 5) is 50.9. The molecule has 1 fully saturated rings. The first-order valence-electron chi connectivity index (χ1n) is 10.8. The number of esters is 1. The Bertz CT molecular complexity index is 1400. The highest BCUT2D eigenvalue weighted by Gasteiger charge is 2.37. The molecule has 0 atom stereocenters. The summed E-state index contributed by atoms with van der Waals surface area (Å²) < 4.78 is 24.3. The third kappa shape index (κ3) is 4.85. The first-order valence-corrected chi connectivity index (χ1v) is 10.8. The van der Waals surface area contributed by atoms with Gasteiger partial charge in [0.25, 0.3) is 11.8 Å². The summed E-state index contributed by atoms with van der Waals surface area (Å²) in [5, 5.41) is 2.16. The number of ether oxygens (including phenoxy) is 2. The molecule has 1 aliphatic heterocycles. The molecular formula is C27H21FN2O6. The summed E-state index contributed by atoms with van der Waals surface area (Å²) in [5.74, 6) is -2.15. The van der Waals surface area contributed by atoms with Crippen LogP contribution < -0.4 is 15.0 Å². The van der Waals surface area contributed by atoms with Crippen molar-refractivity contribution in [1.82, 2.24) is 5.32 Å². The van der Waals surface area contributed by atoms with Crippen molar-refractivity contribution in [2.45, 2.75) is 6.42 Å². The van der Waals surface area contributed by atoms with Crippen LogP contribution in [0.3, 0.4) is 0 Å². The third-order valence-electron chi connectivity index (χ3n) is 5.64. The van der Waals surface area contributed by atoms with Gasteiger partial charge in [0, 0.05) is 6.42 Å². The van der Waals surface area contributed by atoms with Crippen LogP contribution in [0.15, 0.2) is 72.3 Å². The van der Waals surface area contributed by atoms with Gasteiger partial charge in [-0.2, -0.15) is 0 Å². The van der Waals surface area contributed by atoms with Gasteiger partial charge in [0.15, 0.2) is 0 Å². The Morgan fingerprint density at radius 3 is 2.36 bits per heavy atom. The van der Waals surface area contributed by atoms with E-state index in [0.717, 1.165) is 4.90 Å².